The molecule has 0 aliphatic carbocycles. The van der Waals surface area contributed by atoms with Crippen molar-refractivity contribution < 1.29 is 8.83 Å². The highest BCUT2D eigenvalue weighted by atomic mass is 16.3. The fourth-order valence-corrected chi connectivity index (χ4v) is 9.19. The van der Waals surface area contributed by atoms with E-state index in [0.717, 1.165) is 78.5 Å². The first-order chi connectivity index (χ1) is 30.5. The lowest BCUT2D eigenvalue weighted by molar-refractivity contribution is 0.604. The van der Waals surface area contributed by atoms with Crippen LogP contribution in [0.15, 0.2) is 234 Å². The highest BCUT2D eigenvalue weighted by Crippen LogP contribution is 2.40. The van der Waals surface area contributed by atoms with E-state index in [-0.39, 0.29) is 5.41 Å². The Kier molecular flexibility index (Phi) is 9.17. The third kappa shape index (κ3) is 6.56. The molecule has 1 unspecified atom stereocenters. The van der Waals surface area contributed by atoms with Crippen LogP contribution in [-0.2, 0) is 5.41 Å². The Hall–Kier alpha value is -7.88. The van der Waals surface area contributed by atoms with Gasteiger partial charge in [-0.1, -0.05) is 165 Å². The van der Waals surface area contributed by atoms with Crippen LogP contribution in [0.4, 0.5) is 11.4 Å². The molecule has 0 fully saturated rings. The molecule has 0 aliphatic rings. The summed E-state index contributed by atoms with van der Waals surface area (Å²) in [5.41, 5.74) is 13.7. The summed E-state index contributed by atoms with van der Waals surface area (Å²) in [5, 5.41) is 6.98. The first-order valence-corrected chi connectivity index (χ1v) is 21.2. The van der Waals surface area contributed by atoms with Gasteiger partial charge >= 0.3 is 0 Å². The maximum atomic E-state index is 6.24. The molecule has 0 aliphatic heterocycles. The number of para-hydroxylation sites is 2. The number of allylic oxidation sites excluding steroid dienone is 2. The molecule has 0 radical (unpaired) electrons. The number of benzene rings is 9. The zero-order valence-corrected chi connectivity index (χ0v) is 34.5. The summed E-state index contributed by atoms with van der Waals surface area (Å²) >= 11 is 0. The van der Waals surface area contributed by atoms with Crippen molar-refractivity contribution in [3.63, 3.8) is 0 Å². The normalized spacial score (nSPS) is 12.8. The van der Waals surface area contributed by atoms with Crippen molar-refractivity contribution in [3.05, 3.63) is 231 Å². The Morgan fingerprint density at radius 1 is 0.468 bits per heavy atom. The van der Waals surface area contributed by atoms with E-state index in [1.165, 1.54) is 32.8 Å². The van der Waals surface area contributed by atoms with Crippen LogP contribution in [0.25, 0.3) is 88.0 Å². The van der Waals surface area contributed by atoms with Gasteiger partial charge in [-0.25, -0.2) is 0 Å². The Labute approximate surface area is 361 Å². The predicted molar refractivity (Wildman–Crippen MR) is 261 cm³/mol. The van der Waals surface area contributed by atoms with E-state index in [2.05, 4.69) is 207 Å². The molecular weight excluding hydrogens is 755 g/mol. The van der Waals surface area contributed by atoms with Crippen molar-refractivity contribution in [2.24, 2.45) is 0 Å². The Bertz CT molecular complexity index is 3460. The number of anilines is 2. The van der Waals surface area contributed by atoms with E-state index >= 15 is 0 Å². The zero-order chi connectivity index (χ0) is 41.6. The van der Waals surface area contributed by atoms with Crippen molar-refractivity contribution in [2.45, 2.75) is 18.8 Å². The van der Waals surface area contributed by atoms with Gasteiger partial charge in [-0.05, 0) is 111 Å². The zero-order valence-electron chi connectivity index (χ0n) is 34.5. The van der Waals surface area contributed by atoms with Crippen molar-refractivity contribution >= 4 is 66.0 Å². The quantitative estimate of drug-likeness (QED) is 0.129. The van der Waals surface area contributed by atoms with Crippen LogP contribution in [0, 0.1) is 0 Å². The highest BCUT2D eigenvalue weighted by Gasteiger charge is 2.23. The molecule has 3 heteroatoms. The maximum Gasteiger partial charge on any atom is 0.136 e. The minimum atomic E-state index is -0.258. The van der Waals surface area contributed by atoms with Crippen LogP contribution < -0.4 is 4.90 Å². The first kappa shape index (κ1) is 37.1. The van der Waals surface area contributed by atoms with E-state index in [1.807, 2.05) is 30.3 Å². The molecule has 1 atom stereocenters. The third-order valence-electron chi connectivity index (χ3n) is 12.5. The van der Waals surface area contributed by atoms with Crippen molar-refractivity contribution in [1.82, 2.24) is 0 Å². The molecule has 0 amide bonds. The molecular formula is C59H43NO2. The van der Waals surface area contributed by atoms with Gasteiger partial charge < -0.3 is 13.7 Å². The third-order valence-corrected chi connectivity index (χ3v) is 12.5. The van der Waals surface area contributed by atoms with Crippen LogP contribution in [-0.4, -0.2) is 0 Å². The summed E-state index contributed by atoms with van der Waals surface area (Å²) in [6.45, 7) is 6.42. The molecule has 2 aromatic heterocycles. The van der Waals surface area contributed by atoms with E-state index in [9.17, 15) is 0 Å². The Balaban J connectivity index is 0.960. The smallest absolute Gasteiger partial charge is 0.136 e. The van der Waals surface area contributed by atoms with Gasteiger partial charge in [0.05, 0.1) is 0 Å². The molecule has 2 heterocycles. The summed E-state index contributed by atoms with van der Waals surface area (Å²) in [7, 11) is 0. The predicted octanol–water partition coefficient (Wildman–Crippen LogP) is 16.8. The van der Waals surface area contributed by atoms with Gasteiger partial charge in [-0.3, -0.25) is 0 Å². The van der Waals surface area contributed by atoms with Crippen LogP contribution in [0.3, 0.4) is 0 Å². The summed E-state index contributed by atoms with van der Waals surface area (Å²) in [6, 6.07) is 71.2. The topological polar surface area (TPSA) is 29.5 Å². The second-order valence-electron chi connectivity index (χ2n) is 16.4. The van der Waals surface area contributed by atoms with E-state index < -0.39 is 0 Å². The van der Waals surface area contributed by atoms with Crippen molar-refractivity contribution in [3.8, 4) is 33.4 Å². The van der Waals surface area contributed by atoms with Crippen molar-refractivity contribution in [2.75, 3.05) is 4.90 Å². The van der Waals surface area contributed by atoms with Crippen molar-refractivity contribution in [1.29, 1.82) is 0 Å². The van der Waals surface area contributed by atoms with Gasteiger partial charge in [-0.2, -0.15) is 0 Å². The summed E-state index contributed by atoms with van der Waals surface area (Å²) in [4.78, 5) is 2.30. The van der Waals surface area contributed by atoms with Crippen LogP contribution in [0.1, 0.15) is 18.9 Å². The van der Waals surface area contributed by atoms with Gasteiger partial charge in [0.2, 0.25) is 0 Å². The molecule has 0 N–H and O–H groups in total. The molecule has 0 bridgehead atoms. The molecule has 0 saturated carbocycles. The average Bonchev–Trinajstić information content (AvgIpc) is 3.91. The van der Waals surface area contributed by atoms with Gasteiger partial charge in [0, 0.05) is 44.5 Å². The lowest BCUT2D eigenvalue weighted by atomic mass is 9.79. The monoisotopic (exact) mass is 797 g/mol. The largest absolute Gasteiger partial charge is 0.456 e. The summed E-state index contributed by atoms with van der Waals surface area (Å²) in [5.74, 6) is 0. The Morgan fingerprint density at radius 3 is 1.77 bits per heavy atom. The minimum Gasteiger partial charge on any atom is -0.456 e. The van der Waals surface area contributed by atoms with Gasteiger partial charge in [-0.15, -0.1) is 6.58 Å². The second kappa shape index (κ2) is 15.3. The van der Waals surface area contributed by atoms with Crippen LogP contribution in [0.2, 0.25) is 0 Å². The number of hydrogen-bond acceptors (Lipinski definition) is 3. The number of fused-ring (bicyclic) bond motifs is 8. The lowest BCUT2D eigenvalue weighted by Gasteiger charge is -2.28. The molecule has 11 aromatic rings. The molecule has 9 aromatic carbocycles. The maximum absolute atomic E-state index is 6.24. The number of furan rings is 2. The molecule has 0 saturated heterocycles. The lowest BCUT2D eigenvalue weighted by Crippen LogP contribution is -2.20. The summed E-state index contributed by atoms with van der Waals surface area (Å²) in [6.07, 6.45) is 7.37. The second-order valence-corrected chi connectivity index (χ2v) is 16.4. The molecule has 62 heavy (non-hydrogen) atoms. The minimum absolute atomic E-state index is 0.258. The number of rotatable bonds is 10. The van der Waals surface area contributed by atoms with E-state index in [4.69, 9.17) is 8.83 Å². The van der Waals surface area contributed by atoms with Crippen LogP contribution >= 0.6 is 0 Å². The molecule has 0 spiro atoms. The number of hydrogen-bond donors (Lipinski definition) is 0. The summed E-state index contributed by atoms with van der Waals surface area (Å²) < 4.78 is 12.5. The van der Waals surface area contributed by atoms with Gasteiger partial charge in [0.15, 0.2) is 0 Å². The van der Waals surface area contributed by atoms with Crippen LogP contribution in [0.5, 0.6) is 0 Å². The van der Waals surface area contributed by atoms with E-state index in [0.29, 0.717) is 0 Å². The SMILES string of the molecule is C=CCC(C)(/C=C\N(c1ccc(-c2cccc3oc4ccccc4c23)cc1)c1cccc(-c2ccc(-c3ccc4ccc5oc6ccccc6c5c4c3)cc2)c1)c1ccccc1. The highest BCUT2D eigenvalue weighted by molar-refractivity contribution is 6.19. The molecule has 296 valence electrons. The Morgan fingerprint density at radius 2 is 1.05 bits per heavy atom. The molecule has 11 rings (SSSR count). The fourth-order valence-electron chi connectivity index (χ4n) is 9.19. The average molecular weight is 798 g/mol. The first-order valence-electron chi connectivity index (χ1n) is 21.2. The number of nitrogens with zero attached hydrogens (tertiary/aromatic N) is 1. The van der Waals surface area contributed by atoms with Gasteiger partial charge in [0.25, 0.3) is 0 Å². The fraction of sp³-hybridized carbons (Fsp3) is 0.0508. The van der Waals surface area contributed by atoms with E-state index in [1.54, 1.807) is 0 Å². The van der Waals surface area contributed by atoms with Gasteiger partial charge in [0.1, 0.15) is 22.3 Å². The molecule has 3 nitrogen and oxygen atoms in total. The standard InChI is InChI=1S/C59H43NO2/c1-3-35-59(2,46-14-5-4-6-15-46)36-37-60(47-32-29-42(30-33-47)49-19-12-22-55-57(49)50-17-7-9-20-53(50)61-55)48-16-11-13-44(38-48)40-23-25-41(26-24-40)45-28-27-43-31-34-56-58(52(43)39-45)51-18-8-10-21-54(51)62-56/h3-34,36-39H,1,35H2,2H3/b37-36-.